The van der Waals surface area contributed by atoms with Gasteiger partial charge in [-0.15, -0.1) is 0 Å². The van der Waals surface area contributed by atoms with E-state index in [0.29, 0.717) is 12.8 Å². The third-order valence-electron chi connectivity index (χ3n) is 7.55. The second-order valence-corrected chi connectivity index (χ2v) is 11.7. The third-order valence-corrected chi connectivity index (χ3v) is 7.55. The molecule has 1 unspecified atom stereocenters. The molecule has 1 atom stereocenters. The van der Waals surface area contributed by atoms with Crippen LogP contribution in [0.1, 0.15) is 174 Å². The van der Waals surface area contributed by atoms with Crippen LogP contribution in [0.25, 0.3) is 0 Å². The Balaban J connectivity index is 3.77. The lowest BCUT2D eigenvalue weighted by molar-refractivity contribution is -0.153. The SMILES string of the molecule is CC/C=C\C/C=C\C/C=C\C/C=C\CCCCC(=O)OC(CCCCCCCCCCCCCCCCC)CC(=O)O. The molecule has 42 heavy (non-hydrogen) atoms. The van der Waals surface area contributed by atoms with E-state index in [0.717, 1.165) is 57.8 Å². The minimum Gasteiger partial charge on any atom is -0.481 e. The second-order valence-electron chi connectivity index (χ2n) is 11.7. The Bertz CT molecular complexity index is 719. The number of ether oxygens (including phenoxy) is 1. The van der Waals surface area contributed by atoms with Crippen LogP contribution in [-0.2, 0) is 14.3 Å². The third kappa shape index (κ3) is 32.4. The normalized spacial score (nSPS) is 12.8. The maximum Gasteiger partial charge on any atom is 0.307 e. The van der Waals surface area contributed by atoms with E-state index in [-0.39, 0.29) is 12.4 Å². The molecule has 1 N–H and O–H groups in total. The molecule has 0 amide bonds. The summed E-state index contributed by atoms with van der Waals surface area (Å²) in [5, 5.41) is 9.23. The van der Waals surface area contributed by atoms with Crippen molar-refractivity contribution in [2.45, 2.75) is 180 Å². The molecule has 0 aliphatic rings. The van der Waals surface area contributed by atoms with Gasteiger partial charge in [0.05, 0.1) is 6.42 Å². The van der Waals surface area contributed by atoms with Gasteiger partial charge in [-0.1, -0.05) is 152 Å². The maximum absolute atomic E-state index is 12.3. The van der Waals surface area contributed by atoms with Crippen molar-refractivity contribution in [3.8, 4) is 0 Å². The van der Waals surface area contributed by atoms with Crippen molar-refractivity contribution in [2.24, 2.45) is 0 Å². The van der Waals surface area contributed by atoms with Gasteiger partial charge in [0.1, 0.15) is 6.10 Å². The number of carbonyl (C=O) groups is 2. The molecule has 0 bridgehead atoms. The van der Waals surface area contributed by atoms with Crippen LogP contribution in [0.15, 0.2) is 48.6 Å². The zero-order valence-electron chi connectivity index (χ0n) is 27.5. The molecule has 0 saturated carbocycles. The molecule has 0 saturated heterocycles. The highest BCUT2D eigenvalue weighted by atomic mass is 16.5. The predicted octanol–water partition coefficient (Wildman–Crippen LogP) is 12.0. The van der Waals surface area contributed by atoms with Crippen LogP contribution in [0.2, 0.25) is 0 Å². The first-order valence-electron chi connectivity index (χ1n) is 17.6. The van der Waals surface area contributed by atoms with E-state index < -0.39 is 12.1 Å². The Hall–Kier alpha value is -2.10. The van der Waals surface area contributed by atoms with E-state index in [1.54, 1.807) is 0 Å². The van der Waals surface area contributed by atoms with Gasteiger partial charge >= 0.3 is 11.9 Å². The summed E-state index contributed by atoms with van der Waals surface area (Å²) in [6.45, 7) is 4.41. The lowest BCUT2D eigenvalue weighted by Gasteiger charge is -2.16. The van der Waals surface area contributed by atoms with E-state index in [2.05, 4.69) is 62.5 Å². The highest BCUT2D eigenvalue weighted by Gasteiger charge is 2.17. The van der Waals surface area contributed by atoms with Gasteiger partial charge < -0.3 is 9.84 Å². The van der Waals surface area contributed by atoms with Crippen LogP contribution < -0.4 is 0 Å². The van der Waals surface area contributed by atoms with Crippen LogP contribution in [0, 0.1) is 0 Å². The summed E-state index contributed by atoms with van der Waals surface area (Å²) in [7, 11) is 0. The summed E-state index contributed by atoms with van der Waals surface area (Å²) in [5.74, 6) is -1.15. The molecule has 0 aliphatic carbocycles. The summed E-state index contributed by atoms with van der Waals surface area (Å²) in [4.78, 5) is 23.5. The van der Waals surface area contributed by atoms with Gasteiger partial charge in [-0.3, -0.25) is 9.59 Å². The minimum atomic E-state index is -0.895. The smallest absolute Gasteiger partial charge is 0.307 e. The van der Waals surface area contributed by atoms with Crippen molar-refractivity contribution < 1.29 is 19.4 Å². The fourth-order valence-electron chi connectivity index (χ4n) is 5.01. The molecule has 0 aromatic heterocycles. The number of unbranched alkanes of at least 4 members (excludes halogenated alkanes) is 16. The van der Waals surface area contributed by atoms with E-state index in [1.165, 1.54) is 83.5 Å². The Labute approximate surface area is 260 Å². The van der Waals surface area contributed by atoms with Gasteiger partial charge in [0, 0.05) is 6.42 Å². The van der Waals surface area contributed by atoms with Crippen molar-refractivity contribution in [1.29, 1.82) is 0 Å². The Morgan fingerprint density at radius 2 is 1.02 bits per heavy atom. The average Bonchev–Trinajstić information content (AvgIpc) is 2.96. The first-order valence-corrected chi connectivity index (χ1v) is 17.6. The summed E-state index contributed by atoms with van der Waals surface area (Å²) < 4.78 is 5.54. The summed E-state index contributed by atoms with van der Waals surface area (Å²) in [6, 6.07) is 0. The van der Waals surface area contributed by atoms with Crippen LogP contribution in [0.3, 0.4) is 0 Å². The molecule has 0 aromatic rings. The molecule has 0 aromatic carbocycles. The van der Waals surface area contributed by atoms with Gasteiger partial charge in [-0.2, -0.15) is 0 Å². The predicted molar refractivity (Wildman–Crippen MR) is 181 cm³/mol. The van der Waals surface area contributed by atoms with Gasteiger partial charge in [0.25, 0.3) is 0 Å². The zero-order valence-corrected chi connectivity index (χ0v) is 27.5. The standard InChI is InChI=1S/C38H66O4/c1-3-5-7-9-11-13-15-17-19-21-23-25-27-29-31-33-36(35-37(39)40)42-38(41)34-32-30-28-26-24-22-20-18-16-14-12-10-8-6-4-2/h6,8,12,14,18,20,24,26,36H,3-5,7,9-11,13,15-17,19,21-23,25,27-35H2,1-2H3,(H,39,40)/b8-6-,14-12-,20-18-,26-24-. The van der Waals surface area contributed by atoms with Crippen LogP contribution in [0.4, 0.5) is 0 Å². The highest BCUT2D eigenvalue weighted by Crippen LogP contribution is 2.16. The summed E-state index contributed by atoms with van der Waals surface area (Å²) in [5.41, 5.74) is 0. The maximum atomic E-state index is 12.3. The number of hydrogen-bond acceptors (Lipinski definition) is 3. The van der Waals surface area contributed by atoms with Gasteiger partial charge in [0.15, 0.2) is 0 Å². The Kier molecular flexibility index (Phi) is 31.7. The molecule has 0 fully saturated rings. The quantitative estimate of drug-likeness (QED) is 0.0498. The average molecular weight is 587 g/mol. The lowest BCUT2D eigenvalue weighted by Crippen LogP contribution is -2.21. The molecule has 0 radical (unpaired) electrons. The number of allylic oxidation sites excluding steroid dienone is 8. The topological polar surface area (TPSA) is 63.6 Å². The van der Waals surface area contributed by atoms with Crippen molar-refractivity contribution in [1.82, 2.24) is 0 Å². The second kappa shape index (κ2) is 33.4. The number of esters is 1. The van der Waals surface area contributed by atoms with Crippen molar-refractivity contribution in [3.63, 3.8) is 0 Å². The molecule has 0 rings (SSSR count). The van der Waals surface area contributed by atoms with E-state index in [9.17, 15) is 14.7 Å². The Morgan fingerprint density at radius 3 is 1.50 bits per heavy atom. The van der Waals surface area contributed by atoms with Crippen LogP contribution in [0.5, 0.6) is 0 Å². The highest BCUT2D eigenvalue weighted by molar-refractivity contribution is 5.71. The molecule has 4 nitrogen and oxygen atoms in total. The lowest BCUT2D eigenvalue weighted by atomic mass is 10.0. The molecule has 242 valence electrons. The van der Waals surface area contributed by atoms with Gasteiger partial charge in [-0.25, -0.2) is 0 Å². The summed E-state index contributed by atoms with van der Waals surface area (Å²) in [6.07, 6.45) is 44.1. The van der Waals surface area contributed by atoms with Gasteiger partial charge in [-0.05, 0) is 57.8 Å². The first kappa shape index (κ1) is 39.9. The Morgan fingerprint density at radius 1 is 0.571 bits per heavy atom. The molecule has 0 aliphatic heterocycles. The van der Waals surface area contributed by atoms with E-state index >= 15 is 0 Å². The first-order chi connectivity index (χ1) is 20.6. The number of carboxylic acid groups (broad SMARTS) is 1. The largest absolute Gasteiger partial charge is 0.481 e. The molecular formula is C38H66O4. The fraction of sp³-hybridized carbons (Fsp3) is 0.737. The van der Waals surface area contributed by atoms with Gasteiger partial charge in [0.2, 0.25) is 0 Å². The van der Waals surface area contributed by atoms with Crippen molar-refractivity contribution in [2.75, 3.05) is 0 Å². The molecule has 0 heterocycles. The number of carbonyl (C=O) groups excluding carboxylic acids is 1. The van der Waals surface area contributed by atoms with E-state index in [4.69, 9.17) is 4.74 Å². The fourth-order valence-corrected chi connectivity index (χ4v) is 5.01. The monoisotopic (exact) mass is 586 g/mol. The number of aliphatic carboxylic acids is 1. The number of hydrogen-bond donors (Lipinski definition) is 1. The van der Waals surface area contributed by atoms with E-state index in [1.807, 2.05) is 0 Å². The molecular weight excluding hydrogens is 520 g/mol. The number of carboxylic acids is 1. The number of rotatable bonds is 31. The minimum absolute atomic E-state index is 0.0910. The molecule has 0 spiro atoms. The summed E-state index contributed by atoms with van der Waals surface area (Å²) >= 11 is 0. The van der Waals surface area contributed by atoms with Crippen LogP contribution in [-0.4, -0.2) is 23.1 Å². The van der Waals surface area contributed by atoms with Crippen molar-refractivity contribution >= 4 is 11.9 Å². The van der Waals surface area contributed by atoms with Crippen LogP contribution >= 0.6 is 0 Å². The zero-order chi connectivity index (χ0) is 30.8. The molecule has 4 heteroatoms. The van der Waals surface area contributed by atoms with Crippen molar-refractivity contribution in [3.05, 3.63) is 48.6 Å².